The molecule has 0 aliphatic heterocycles. The number of aryl methyl sites for hydroxylation is 1. The molecule has 0 bridgehead atoms. The second-order valence-electron chi connectivity index (χ2n) is 4.89. The maximum atomic E-state index is 13.3. The normalized spacial score (nSPS) is 12.4. The summed E-state index contributed by atoms with van der Waals surface area (Å²) in [5.74, 6) is -0.234. The van der Waals surface area contributed by atoms with Crippen LogP contribution in [0.15, 0.2) is 46.9 Å². The summed E-state index contributed by atoms with van der Waals surface area (Å²) in [6.07, 6.45) is 2.26. The fourth-order valence-electron chi connectivity index (χ4n) is 2.38. The van der Waals surface area contributed by atoms with Gasteiger partial charge in [0.05, 0.1) is 10.5 Å². The average molecular weight is 336 g/mol. The summed E-state index contributed by atoms with van der Waals surface area (Å²) in [4.78, 5) is 0. The Morgan fingerprint density at radius 2 is 1.75 bits per heavy atom. The first kappa shape index (κ1) is 15.2. The minimum atomic E-state index is -0.234. The van der Waals surface area contributed by atoms with Crippen LogP contribution in [0.1, 0.15) is 36.1 Å². The average Bonchev–Trinajstić information content (AvgIpc) is 2.46. The van der Waals surface area contributed by atoms with Crippen molar-refractivity contribution in [2.45, 2.75) is 25.8 Å². The molecular formula is C17H19BrFN. The Bertz CT molecular complexity index is 566. The molecule has 0 aliphatic carbocycles. The molecule has 20 heavy (non-hydrogen) atoms. The number of nitrogens with one attached hydrogen (secondary N) is 1. The van der Waals surface area contributed by atoms with Gasteiger partial charge in [0, 0.05) is 0 Å². The van der Waals surface area contributed by atoms with Gasteiger partial charge in [0.15, 0.2) is 0 Å². The van der Waals surface area contributed by atoms with Crippen LogP contribution in [0.2, 0.25) is 0 Å². The van der Waals surface area contributed by atoms with Gasteiger partial charge in [0.1, 0.15) is 5.82 Å². The van der Waals surface area contributed by atoms with Crippen LogP contribution in [-0.2, 0) is 6.42 Å². The molecule has 0 saturated carbocycles. The summed E-state index contributed by atoms with van der Waals surface area (Å²) in [6.45, 7) is 2.18. The van der Waals surface area contributed by atoms with E-state index in [0.717, 1.165) is 18.4 Å². The van der Waals surface area contributed by atoms with Crippen LogP contribution in [0.4, 0.5) is 4.39 Å². The van der Waals surface area contributed by atoms with Crippen LogP contribution < -0.4 is 5.32 Å². The molecule has 0 aliphatic rings. The standard InChI is InChI=1S/C17H19BrFN/c1-3-4-12-5-7-13(8-6-12)17(20-2)14-9-10-16(19)15(18)11-14/h5-11,17,20H,3-4H2,1-2H3. The van der Waals surface area contributed by atoms with E-state index in [-0.39, 0.29) is 11.9 Å². The van der Waals surface area contributed by atoms with Crippen LogP contribution >= 0.6 is 15.9 Å². The Kier molecular flexibility index (Phi) is 5.32. The molecule has 1 nitrogen and oxygen atoms in total. The molecule has 0 aromatic heterocycles. The summed E-state index contributed by atoms with van der Waals surface area (Å²) >= 11 is 3.25. The zero-order valence-electron chi connectivity index (χ0n) is 11.8. The SMILES string of the molecule is CCCc1ccc(C(NC)c2ccc(F)c(Br)c2)cc1. The first-order valence-electron chi connectivity index (χ1n) is 6.86. The molecule has 1 N–H and O–H groups in total. The van der Waals surface area contributed by atoms with Gasteiger partial charge < -0.3 is 5.32 Å². The van der Waals surface area contributed by atoms with Crippen LogP contribution in [-0.4, -0.2) is 7.05 Å². The van der Waals surface area contributed by atoms with Crippen LogP contribution in [0.5, 0.6) is 0 Å². The predicted molar refractivity (Wildman–Crippen MR) is 85.4 cm³/mol. The van der Waals surface area contributed by atoms with Crippen molar-refractivity contribution in [1.29, 1.82) is 0 Å². The molecule has 0 amide bonds. The molecule has 0 saturated heterocycles. The second-order valence-corrected chi connectivity index (χ2v) is 5.74. The molecule has 0 radical (unpaired) electrons. The number of rotatable bonds is 5. The van der Waals surface area contributed by atoms with E-state index in [1.807, 2.05) is 19.2 Å². The zero-order valence-corrected chi connectivity index (χ0v) is 13.4. The van der Waals surface area contributed by atoms with E-state index in [2.05, 4.69) is 52.4 Å². The minimum absolute atomic E-state index is 0.0718. The van der Waals surface area contributed by atoms with E-state index < -0.39 is 0 Å². The smallest absolute Gasteiger partial charge is 0.137 e. The fourth-order valence-corrected chi connectivity index (χ4v) is 2.78. The van der Waals surface area contributed by atoms with Crippen molar-refractivity contribution in [3.05, 3.63) is 69.4 Å². The van der Waals surface area contributed by atoms with Gasteiger partial charge in [-0.2, -0.15) is 0 Å². The van der Waals surface area contributed by atoms with Gasteiger partial charge in [0.25, 0.3) is 0 Å². The van der Waals surface area contributed by atoms with Crippen molar-refractivity contribution in [2.24, 2.45) is 0 Å². The lowest BCUT2D eigenvalue weighted by Crippen LogP contribution is -2.17. The van der Waals surface area contributed by atoms with Crippen molar-refractivity contribution in [2.75, 3.05) is 7.05 Å². The number of hydrogen-bond donors (Lipinski definition) is 1. The molecule has 106 valence electrons. The van der Waals surface area contributed by atoms with Gasteiger partial charge in [-0.15, -0.1) is 0 Å². The molecule has 1 atom stereocenters. The highest BCUT2D eigenvalue weighted by Crippen LogP contribution is 2.26. The van der Waals surface area contributed by atoms with Crippen molar-refractivity contribution >= 4 is 15.9 Å². The van der Waals surface area contributed by atoms with Gasteiger partial charge in [-0.1, -0.05) is 43.7 Å². The summed E-state index contributed by atoms with van der Waals surface area (Å²) in [7, 11) is 1.92. The van der Waals surface area contributed by atoms with E-state index in [9.17, 15) is 4.39 Å². The molecule has 0 fully saturated rings. The topological polar surface area (TPSA) is 12.0 Å². The summed E-state index contributed by atoms with van der Waals surface area (Å²) < 4.78 is 13.8. The number of halogens is 2. The number of hydrogen-bond acceptors (Lipinski definition) is 1. The van der Waals surface area contributed by atoms with E-state index in [4.69, 9.17) is 0 Å². The molecule has 0 heterocycles. The molecule has 2 aromatic carbocycles. The highest BCUT2D eigenvalue weighted by molar-refractivity contribution is 9.10. The summed E-state index contributed by atoms with van der Waals surface area (Å²) in [5, 5.41) is 3.29. The molecule has 2 rings (SSSR count). The number of benzene rings is 2. The van der Waals surface area contributed by atoms with Crippen LogP contribution in [0.25, 0.3) is 0 Å². The van der Waals surface area contributed by atoms with Gasteiger partial charge in [-0.25, -0.2) is 4.39 Å². The molecule has 2 aromatic rings. The largest absolute Gasteiger partial charge is 0.309 e. The van der Waals surface area contributed by atoms with Crippen molar-refractivity contribution in [3.63, 3.8) is 0 Å². The van der Waals surface area contributed by atoms with E-state index >= 15 is 0 Å². The molecule has 0 spiro atoms. The molecular weight excluding hydrogens is 317 g/mol. The third-order valence-electron chi connectivity index (χ3n) is 3.42. The molecule has 3 heteroatoms. The van der Waals surface area contributed by atoms with Crippen molar-refractivity contribution < 1.29 is 4.39 Å². The quantitative estimate of drug-likeness (QED) is 0.823. The Balaban J connectivity index is 2.29. The highest BCUT2D eigenvalue weighted by Gasteiger charge is 2.13. The van der Waals surface area contributed by atoms with Crippen molar-refractivity contribution in [1.82, 2.24) is 5.32 Å². The summed E-state index contributed by atoms with van der Waals surface area (Å²) in [6, 6.07) is 13.8. The Morgan fingerprint density at radius 3 is 2.30 bits per heavy atom. The zero-order chi connectivity index (χ0) is 14.5. The Labute approximate surface area is 128 Å². The molecule has 1 unspecified atom stereocenters. The van der Waals surface area contributed by atoms with Crippen molar-refractivity contribution in [3.8, 4) is 0 Å². The fraction of sp³-hybridized carbons (Fsp3) is 0.294. The lowest BCUT2D eigenvalue weighted by atomic mass is 9.97. The van der Waals surface area contributed by atoms with E-state index in [1.54, 1.807) is 0 Å². The van der Waals surface area contributed by atoms with Crippen LogP contribution in [0.3, 0.4) is 0 Å². The van der Waals surface area contributed by atoms with Gasteiger partial charge >= 0.3 is 0 Å². The third-order valence-corrected chi connectivity index (χ3v) is 4.03. The lowest BCUT2D eigenvalue weighted by molar-refractivity contribution is 0.616. The maximum Gasteiger partial charge on any atom is 0.137 e. The minimum Gasteiger partial charge on any atom is -0.309 e. The lowest BCUT2D eigenvalue weighted by Gasteiger charge is -2.18. The second kappa shape index (κ2) is 7.00. The Hall–Kier alpha value is -1.19. The highest BCUT2D eigenvalue weighted by atomic mass is 79.9. The third kappa shape index (κ3) is 3.47. The van der Waals surface area contributed by atoms with Gasteiger partial charge in [-0.05, 0) is 58.2 Å². The monoisotopic (exact) mass is 335 g/mol. The predicted octanol–water partition coefficient (Wildman–Crippen LogP) is 4.85. The maximum absolute atomic E-state index is 13.3. The van der Waals surface area contributed by atoms with Gasteiger partial charge in [-0.3, -0.25) is 0 Å². The first-order valence-corrected chi connectivity index (χ1v) is 7.66. The van der Waals surface area contributed by atoms with E-state index in [1.165, 1.54) is 17.2 Å². The Morgan fingerprint density at radius 1 is 1.10 bits per heavy atom. The van der Waals surface area contributed by atoms with Crippen LogP contribution in [0, 0.1) is 5.82 Å². The van der Waals surface area contributed by atoms with E-state index in [0.29, 0.717) is 4.47 Å². The van der Waals surface area contributed by atoms with Gasteiger partial charge in [0.2, 0.25) is 0 Å². The summed E-state index contributed by atoms with van der Waals surface area (Å²) in [5.41, 5.74) is 3.58. The first-order chi connectivity index (χ1) is 9.65.